The summed E-state index contributed by atoms with van der Waals surface area (Å²) in [6.45, 7) is 6.40. The Labute approximate surface area is 113 Å². The van der Waals surface area contributed by atoms with Crippen molar-refractivity contribution in [2.24, 2.45) is 0 Å². The summed E-state index contributed by atoms with van der Waals surface area (Å²) >= 11 is 0. The van der Waals surface area contributed by atoms with Gasteiger partial charge in [-0.05, 0) is 37.1 Å². The van der Waals surface area contributed by atoms with Crippen LogP contribution in [0, 0.1) is 17.1 Å². The summed E-state index contributed by atoms with van der Waals surface area (Å²) in [5.74, 6) is -0.344. The van der Waals surface area contributed by atoms with Crippen LogP contribution in [-0.4, -0.2) is 30.2 Å². The van der Waals surface area contributed by atoms with Gasteiger partial charge in [0.05, 0.1) is 24.3 Å². The Morgan fingerprint density at radius 1 is 1.47 bits per heavy atom. The highest BCUT2D eigenvalue weighted by atomic mass is 19.1. The number of morpholine rings is 1. The monoisotopic (exact) mass is 262 g/mol. The maximum absolute atomic E-state index is 13.4. The van der Waals surface area contributed by atoms with Gasteiger partial charge >= 0.3 is 0 Å². The van der Waals surface area contributed by atoms with Gasteiger partial charge in [0.2, 0.25) is 0 Å². The first-order chi connectivity index (χ1) is 9.12. The van der Waals surface area contributed by atoms with E-state index in [0.717, 1.165) is 25.1 Å². The molecule has 0 N–H and O–H groups in total. The second-order valence-electron chi connectivity index (χ2n) is 5.10. The Morgan fingerprint density at radius 3 is 2.95 bits per heavy atom. The third-order valence-electron chi connectivity index (χ3n) is 3.52. The standard InChI is InChI=1S/C15H19FN2O/c1-3-15-10-19-11(2)8-18(15)9-13-4-12(7-17)5-14(16)6-13/h4-6,11,15H,3,8-10H2,1-2H3. The number of halogens is 1. The Bertz CT molecular complexity index is 484. The van der Waals surface area contributed by atoms with E-state index in [2.05, 4.69) is 11.8 Å². The quantitative estimate of drug-likeness (QED) is 0.840. The number of ether oxygens (including phenoxy) is 1. The summed E-state index contributed by atoms with van der Waals surface area (Å²) in [5, 5.41) is 8.88. The van der Waals surface area contributed by atoms with Gasteiger partial charge in [-0.25, -0.2) is 4.39 Å². The van der Waals surface area contributed by atoms with E-state index < -0.39 is 0 Å². The molecule has 0 saturated carbocycles. The maximum Gasteiger partial charge on any atom is 0.124 e. The second kappa shape index (κ2) is 6.14. The van der Waals surface area contributed by atoms with E-state index in [1.807, 2.05) is 13.0 Å². The van der Waals surface area contributed by atoms with Gasteiger partial charge in [-0.2, -0.15) is 5.26 Å². The minimum Gasteiger partial charge on any atom is -0.376 e. The third-order valence-corrected chi connectivity index (χ3v) is 3.52. The normalized spacial score (nSPS) is 24.1. The molecule has 0 aliphatic carbocycles. The van der Waals surface area contributed by atoms with Crippen LogP contribution in [0.3, 0.4) is 0 Å². The van der Waals surface area contributed by atoms with Crippen LogP contribution in [0.15, 0.2) is 18.2 Å². The van der Waals surface area contributed by atoms with Gasteiger partial charge in [-0.3, -0.25) is 4.90 Å². The molecule has 0 radical (unpaired) electrons. The summed E-state index contributed by atoms with van der Waals surface area (Å²) in [7, 11) is 0. The van der Waals surface area contributed by atoms with E-state index in [4.69, 9.17) is 10.00 Å². The summed E-state index contributed by atoms with van der Waals surface area (Å²) in [6.07, 6.45) is 1.21. The smallest absolute Gasteiger partial charge is 0.124 e. The fourth-order valence-electron chi connectivity index (χ4n) is 2.52. The summed E-state index contributed by atoms with van der Waals surface area (Å²) in [6, 6.07) is 6.90. The largest absolute Gasteiger partial charge is 0.376 e. The van der Waals surface area contributed by atoms with Gasteiger partial charge in [0, 0.05) is 19.1 Å². The lowest BCUT2D eigenvalue weighted by Crippen LogP contribution is -2.47. The Hall–Kier alpha value is -1.44. The van der Waals surface area contributed by atoms with E-state index >= 15 is 0 Å². The zero-order valence-corrected chi connectivity index (χ0v) is 11.4. The Kier molecular flexibility index (Phi) is 4.52. The zero-order chi connectivity index (χ0) is 13.8. The second-order valence-corrected chi connectivity index (χ2v) is 5.10. The molecule has 0 amide bonds. The summed E-state index contributed by atoms with van der Waals surface area (Å²) in [4.78, 5) is 2.31. The number of nitrogens with zero attached hydrogens (tertiary/aromatic N) is 2. The van der Waals surface area contributed by atoms with Crippen molar-refractivity contribution in [3.8, 4) is 6.07 Å². The predicted octanol–water partition coefficient (Wildman–Crippen LogP) is 2.70. The molecule has 0 spiro atoms. The molecule has 1 aromatic carbocycles. The van der Waals surface area contributed by atoms with E-state index in [9.17, 15) is 4.39 Å². The molecule has 0 aromatic heterocycles. The van der Waals surface area contributed by atoms with E-state index in [-0.39, 0.29) is 11.9 Å². The molecule has 2 atom stereocenters. The van der Waals surface area contributed by atoms with Crippen molar-refractivity contribution in [2.75, 3.05) is 13.2 Å². The molecule has 1 aliphatic rings. The van der Waals surface area contributed by atoms with Crippen LogP contribution in [0.25, 0.3) is 0 Å². The lowest BCUT2D eigenvalue weighted by Gasteiger charge is -2.38. The molecule has 2 unspecified atom stereocenters. The highest BCUT2D eigenvalue weighted by molar-refractivity contribution is 5.33. The number of benzene rings is 1. The van der Waals surface area contributed by atoms with E-state index in [1.165, 1.54) is 12.1 Å². The Morgan fingerprint density at radius 2 is 2.26 bits per heavy atom. The molecule has 1 heterocycles. The summed E-state index contributed by atoms with van der Waals surface area (Å²) < 4.78 is 19.1. The van der Waals surface area contributed by atoms with Gasteiger partial charge in [0.15, 0.2) is 0 Å². The van der Waals surface area contributed by atoms with Gasteiger partial charge < -0.3 is 4.74 Å². The van der Waals surface area contributed by atoms with Gasteiger partial charge in [-0.15, -0.1) is 0 Å². The van der Waals surface area contributed by atoms with Crippen LogP contribution in [0.5, 0.6) is 0 Å². The first-order valence-electron chi connectivity index (χ1n) is 6.67. The lowest BCUT2D eigenvalue weighted by molar-refractivity contribution is -0.0592. The van der Waals surface area contributed by atoms with Crippen LogP contribution >= 0.6 is 0 Å². The predicted molar refractivity (Wildman–Crippen MR) is 71.0 cm³/mol. The van der Waals surface area contributed by atoms with Crippen molar-refractivity contribution < 1.29 is 9.13 Å². The molecule has 1 aromatic rings. The molecule has 19 heavy (non-hydrogen) atoms. The minimum absolute atomic E-state index is 0.201. The van der Waals surface area contributed by atoms with Crippen molar-refractivity contribution in [1.82, 2.24) is 4.90 Å². The number of hydrogen-bond donors (Lipinski definition) is 0. The SMILES string of the molecule is CCC1COC(C)CN1Cc1cc(F)cc(C#N)c1. The average molecular weight is 262 g/mol. The molecule has 102 valence electrons. The molecule has 4 heteroatoms. The fourth-order valence-corrected chi connectivity index (χ4v) is 2.52. The molecule has 2 rings (SSSR count). The fraction of sp³-hybridized carbons (Fsp3) is 0.533. The van der Waals surface area contributed by atoms with Crippen molar-refractivity contribution in [3.63, 3.8) is 0 Å². The molecule has 1 fully saturated rings. The minimum atomic E-state index is -0.344. The zero-order valence-electron chi connectivity index (χ0n) is 11.4. The maximum atomic E-state index is 13.4. The van der Waals surface area contributed by atoms with Gasteiger partial charge in [0.1, 0.15) is 5.82 Å². The van der Waals surface area contributed by atoms with Gasteiger partial charge in [0.25, 0.3) is 0 Å². The highest BCUT2D eigenvalue weighted by Crippen LogP contribution is 2.19. The van der Waals surface area contributed by atoms with Crippen LogP contribution in [0.1, 0.15) is 31.4 Å². The molecular weight excluding hydrogens is 243 g/mol. The first kappa shape index (κ1) is 14.0. The molecule has 3 nitrogen and oxygen atoms in total. The van der Waals surface area contributed by atoms with Crippen LogP contribution in [-0.2, 0) is 11.3 Å². The number of nitriles is 1. The molecule has 1 saturated heterocycles. The molecular formula is C15H19FN2O. The van der Waals surface area contributed by atoms with Crippen LogP contribution in [0.2, 0.25) is 0 Å². The summed E-state index contributed by atoms with van der Waals surface area (Å²) in [5.41, 5.74) is 1.23. The van der Waals surface area contributed by atoms with Crippen molar-refractivity contribution in [1.29, 1.82) is 5.26 Å². The van der Waals surface area contributed by atoms with Crippen LogP contribution in [0.4, 0.5) is 4.39 Å². The van der Waals surface area contributed by atoms with Crippen molar-refractivity contribution in [2.45, 2.75) is 39.0 Å². The third kappa shape index (κ3) is 3.52. The van der Waals surface area contributed by atoms with Crippen molar-refractivity contribution >= 4 is 0 Å². The number of rotatable bonds is 3. The molecule has 1 aliphatic heterocycles. The lowest BCUT2D eigenvalue weighted by atomic mass is 10.1. The number of hydrogen-bond acceptors (Lipinski definition) is 3. The molecule has 0 bridgehead atoms. The van der Waals surface area contributed by atoms with E-state index in [0.29, 0.717) is 18.2 Å². The van der Waals surface area contributed by atoms with Crippen molar-refractivity contribution in [3.05, 3.63) is 35.1 Å². The Balaban J connectivity index is 2.14. The van der Waals surface area contributed by atoms with E-state index in [1.54, 1.807) is 6.07 Å². The van der Waals surface area contributed by atoms with Crippen LogP contribution < -0.4 is 0 Å². The topological polar surface area (TPSA) is 36.3 Å². The average Bonchev–Trinajstić information content (AvgIpc) is 2.38. The first-order valence-corrected chi connectivity index (χ1v) is 6.67. The van der Waals surface area contributed by atoms with Gasteiger partial charge in [-0.1, -0.05) is 6.92 Å². The highest BCUT2D eigenvalue weighted by Gasteiger charge is 2.25.